The van der Waals surface area contributed by atoms with Gasteiger partial charge in [-0.25, -0.2) is 0 Å². The summed E-state index contributed by atoms with van der Waals surface area (Å²) in [5.74, 6) is 0.0576. The lowest BCUT2D eigenvalue weighted by molar-refractivity contribution is 0.0213. The van der Waals surface area contributed by atoms with E-state index in [1.54, 1.807) is 18.8 Å². The first kappa shape index (κ1) is 11.6. The van der Waals surface area contributed by atoms with Crippen molar-refractivity contribution < 1.29 is 5.11 Å². The number of aliphatic hydroxyl groups is 1. The summed E-state index contributed by atoms with van der Waals surface area (Å²) in [6.45, 7) is 2.05. The summed E-state index contributed by atoms with van der Waals surface area (Å²) in [5, 5.41) is 13.0. The van der Waals surface area contributed by atoms with Crippen LogP contribution in [0.25, 0.3) is 0 Å². The first-order valence-electron chi connectivity index (χ1n) is 5.72. The molecule has 4 heteroatoms. The molecule has 2 aliphatic rings. The van der Waals surface area contributed by atoms with Crippen LogP contribution in [0, 0.1) is 5.92 Å². The number of thioether (sulfide) groups is 1. The molecule has 1 aliphatic carbocycles. The van der Waals surface area contributed by atoms with E-state index in [2.05, 4.69) is 4.99 Å². The maximum Gasteiger partial charge on any atom is 0.111 e. The SMILES string of the molecule is CN=C1SC2Cc3c(Cl)cccc3C2(O)C1C. The van der Waals surface area contributed by atoms with E-state index in [1.165, 1.54) is 0 Å². The van der Waals surface area contributed by atoms with Crippen LogP contribution in [0.5, 0.6) is 0 Å². The Hall–Kier alpha value is -0.510. The number of hydrogen-bond acceptors (Lipinski definition) is 3. The summed E-state index contributed by atoms with van der Waals surface area (Å²) in [5.41, 5.74) is 1.31. The predicted molar refractivity (Wildman–Crippen MR) is 73.0 cm³/mol. The van der Waals surface area contributed by atoms with E-state index in [0.717, 1.165) is 27.6 Å². The van der Waals surface area contributed by atoms with Crippen molar-refractivity contribution in [3.63, 3.8) is 0 Å². The third kappa shape index (κ3) is 1.36. The highest BCUT2D eigenvalue weighted by molar-refractivity contribution is 8.15. The molecule has 1 heterocycles. The van der Waals surface area contributed by atoms with E-state index in [1.807, 2.05) is 25.1 Å². The second kappa shape index (κ2) is 3.74. The van der Waals surface area contributed by atoms with E-state index >= 15 is 0 Å². The summed E-state index contributed by atoms with van der Waals surface area (Å²) in [6.07, 6.45) is 0.833. The molecule has 1 aromatic rings. The third-order valence-electron chi connectivity index (χ3n) is 3.94. The molecule has 0 spiro atoms. The number of benzene rings is 1. The Kier molecular flexibility index (Phi) is 2.55. The molecule has 0 radical (unpaired) electrons. The fourth-order valence-electron chi connectivity index (χ4n) is 2.98. The maximum atomic E-state index is 11.0. The zero-order valence-electron chi connectivity index (χ0n) is 9.77. The van der Waals surface area contributed by atoms with Crippen molar-refractivity contribution in [1.82, 2.24) is 0 Å². The van der Waals surface area contributed by atoms with Gasteiger partial charge in [-0.15, -0.1) is 11.8 Å². The lowest BCUT2D eigenvalue weighted by Crippen LogP contribution is -2.36. The molecule has 1 saturated heterocycles. The van der Waals surface area contributed by atoms with Crippen LogP contribution in [0.15, 0.2) is 23.2 Å². The molecule has 0 saturated carbocycles. The summed E-state index contributed by atoms with van der Waals surface area (Å²) in [4.78, 5) is 4.28. The molecule has 0 amide bonds. The molecule has 1 fully saturated rings. The van der Waals surface area contributed by atoms with E-state index < -0.39 is 5.60 Å². The number of halogens is 1. The van der Waals surface area contributed by atoms with Gasteiger partial charge >= 0.3 is 0 Å². The third-order valence-corrected chi connectivity index (χ3v) is 5.89. The maximum absolute atomic E-state index is 11.0. The molecule has 17 heavy (non-hydrogen) atoms. The lowest BCUT2D eigenvalue weighted by atomic mass is 9.84. The van der Waals surface area contributed by atoms with Crippen LogP contribution in [0.4, 0.5) is 0 Å². The van der Waals surface area contributed by atoms with Crippen molar-refractivity contribution in [2.75, 3.05) is 7.05 Å². The van der Waals surface area contributed by atoms with Crippen molar-refractivity contribution in [3.8, 4) is 0 Å². The summed E-state index contributed by atoms with van der Waals surface area (Å²) < 4.78 is 0. The van der Waals surface area contributed by atoms with Crippen LogP contribution in [0.2, 0.25) is 5.02 Å². The molecule has 3 atom stereocenters. The molecule has 1 N–H and O–H groups in total. The van der Waals surface area contributed by atoms with Gasteiger partial charge in [0.15, 0.2) is 0 Å². The van der Waals surface area contributed by atoms with Crippen LogP contribution < -0.4 is 0 Å². The van der Waals surface area contributed by atoms with E-state index in [-0.39, 0.29) is 11.2 Å². The smallest absolute Gasteiger partial charge is 0.111 e. The van der Waals surface area contributed by atoms with Crippen molar-refractivity contribution in [3.05, 3.63) is 34.3 Å². The Balaban J connectivity index is 2.18. The average Bonchev–Trinajstić information content (AvgIpc) is 2.73. The van der Waals surface area contributed by atoms with Crippen LogP contribution in [0.1, 0.15) is 18.1 Å². The lowest BCUT2D eigenvalue weighted by Gasteiger charge is -2.27. The zero-order chi connectivity index (χ0) is 12.2. The summed E-state index contributed by atoms with van der Waals surface area (Å²) >= 11 is 7.91. The largest absolute Gasteiger partial charge is 0.383 e. The van der Waals surface area contributed by atoms with Crippen molar-refractivity contribution in [2.45, 2.75) is 24.2 Å². The summed E-state index contributed by atoms with van der Waals surface area (Å²) in [6, 6.07) is 5.81. The second-order valence-electron chi connectivity index (χ2n) is 4.69. The molecule has 1 aromatic carbocycles. The van der Waals surface area contributed by atoms with Gasteiger partial charge in [-0.05, 0) is 23.6 Å². The van der Waals surface area contributed by atoms with Gasteiger partial charge in [0, 0.05) is 23.2 Å². The molecule has 1 aliphatic heterocycles. The van der Waals surface area contributed by atoms with Crippen LogP contribution in [-0.4, -0.2) is 22.4 Å². The van der Waals surface area contributed by atoms with Gasteiger partial charge in [0.2, 0.25) is 0 Å². The van der Waals surface area contributed by atoms with Gasteiger partial charge in [-0.1, -0.05) is 30.7 Å². The predicted octanol–water partition coefficient (Wildman–Crippen LogP) is 2.86. The van der Waals surface area contributed by atoms with E-state index in [9.17, 15) is 5.11 Å². The first-order chi connectivity index (χ1) is 8.09. The zero-order valence-corrected chi connectivity index (χ0v) is 11.3. The van der Waals surface area contributed by atoms with Gasteiger partial charge in [0.25, 0.3) is 0 Å². The van der Waals surface area contributed by atoms with Crippen molar-refractivity contribution >= 4 is 28.4 Å². The Morgan fingerprint density at radius 2 is 2.29 bits per heavy atom. The standard InChI is InChI=1S/C13H14ClNOS/c1-7-12(15-2)17-11-6-8-9(13(7,11)16)4-3-5-10(8)14/h3-5,7,11,16H,6H2,1-2H3. The van der Waals surface area contributed by atoms with Crippen LogP contribution >= 0.6 is 23.4 Å². The minimum Gasteiger partial charge on any atom is -0.383 e. The highest BCUT2D eigenvalue weighted by Gasteiger charge is 2.56. The normalized spacial score (nSPS) is 37.3. The topological polar surface area (TPSA) is 32.6 Å². The van der Waals surface area contributed by atoms with Crippen molar-refractivity contribution in [1.29, 1.82) is 0 Å². The minimum absolute atomic E-state index is 0.0576. The highest BCUT2D eigenvalue weighted by Crippen LogP contribution is 2.56. The van der Waals surface area contributed by atoms with E-state index in [4.69, 9.17) is 11.6 Å². The molecular weight excluding hydrogens is 254 g/mol. The monoisotopic (exact) mass is 267 g/mol. The molecule has 90 valence electrons. The Morgan fingerprint density at radius 1 is 1.53 bits per heavy atom. The van der Waals surface area contributed by atoms with Gasteiger partial charge in [0.05, 0.1) is 5.04 Å². The second-order valence-corrected chi connectivity index (χ2v) is 6.32. The van der Waals surface area contributed by atoms with Gasteiger partial charge in [0.1, 0.15) is 5.60 Å². The fraction of sp³-hybridized carbons (Fsp3) is 0.462. The van der Waals surface area contributed by atoms with E-state index in [0.29, 0.717) is 0 Å². The van der Waals surface area contributed by atoms with Crippen LogP contribution in [0.3, 0.4) is 0 Å². The van der Waals surface area contributed by atoms with Crippen LogP contribution in [-0.2, 0) is 12.0 Å². The Labute approximate surface area is 110 Å². The Morgan fingerprint density at radius 3 is 3.00 bits per heavy atom. The number of hydrogen-bond donors (Lipinski definition) is 1. The van der Waals surface area contributed by atoms with Gasteiger partial charge in [-0.2, -0.15) is 0 Å². The number of fused-ring (bicyclic) bond motifs is 3. The van der Waals surface area contributed by atoms with Gasteiger partial charge < -0.3 is 5.11 Å². The molecule has 3 rings (SSSR count). The highest BCUT2D eigenvalue weighted by atomic mass is 35.5. The Bertz CT molecular complexity index is 516. The molecule has 0 aromatic heterocycles. The fourth-order valence-corrected chi connectivity index (χ4v) is 4.77. The number of aliphatic imine (C=N–C) groups is 1. The first-order valence-corrected chi connectivity index (χ1v) is 6.98. The van der Waals surface area contributed by atoms with Crippen molar-refractivity contribution in [2.24, 2.45) is 10.9 Å². The van der Waals surface area contributed by atoms with Gasteiger partial charge in [-0.3, -0.25) is 4.99 Å². The molecular formula is C13H14ClNOS. The molecule has 2 nitrogen and oxygen atoms in total. The number of nitrogens with zero attached hydrogens (tertiary/aromatic N) is 1. The summed E-state index contributed by atoms with van der Waals surface area (Å²) in [7, 11) is 1.79. The molecule has 0 bridgehead atoms. The number of rotatable bonds is 0. The molecule has 3 unspecified atom stereocenters. The minimum atomic E-state index is -0.792. The quantitative estimate of drug-likeness (QED) is 0.784. The average molecular weight is 268 g/mol.